The van der Waals surface area contributed by atoms with Crippen molar-refractivity contribution in [3.05, 3.63) is 0 Å². The first-order valence-corrected chi connectivity index (χ1v) is 5.35. The smallest absolute Gasteiger partial charge is 0.481 e. The van der Waals surface area contributed by atoms with Gasteiger partial charge in [-0.05, 0) is 27.7 Å². The zero-order chi connectivity index (χ0) is 13.7. The highest BCUT2D eigenvalue weighted by Gasteiger charge is 2.48. The summed E-state index contributed by atoms with van der Waals surface area (Å²) in [6.07, 6.45) is 0. The van der Waals surface area contributed by atoms with Crippen molar-refractivity contribution in [1.82, 2.24) is 0 Å². The zero-order valence-corrected chi connectivity index (χ0v) is 10.4. The molecule has 0 aromatic carbocycles. The van der Waals surface area contributed by atoms with Crippen LogP contribution in [-0.2, 0) is 14.2 Å². The normalized spacial score (nSPS) is 11.1. The van der Waals surface area contributed by atoms with Crippen LogP contribution in [0.4, 0.5) is 0 Å². The van der Waals surface area contributed by atoms with E-state index < -0.39 is 31.0 Å². The molecule has 0 heterocycles. The molecule has 0 aliphatic heterocycles. The van der Waals surface area contributed by atoms with Gasteiger partial charge in [-0.15, -0.1) is 9.79 Å². The molecular formula is C8H16O7P+. The molecule has 0 aromatic heterocycles. The number of rotatable bonds is 3. The van der Waals surface area contributed by atoms with Crippen LogP contribution in [0, 0.1) is 10.8 Å². The first-order chi connectivity index (χ1) is 6.87. The maximum Gasteiger partial charge on any atom is 0.692 e. The molecule has 4 N–H and O–H groups in total. The summed E-state index contributed by atoms with van der Waals surface area (Å²) in [6.45, 7) is 5.62. The monoisotopic (exact) mass is 255 g/mol. The van der Waals surface area contributed by atoms with Gasteiger partial charge in [0.05, 0.1) is 10.8 Å². The lowest BCUT2D eigenvalue weighted by Crippen LogP contribution is -2.44. The fourth-order valence-corrected chi connectivity index (χ4v) is 0.535. The number of hydrogen-bond donors (Lipinski definition) is 4. The van der Waals surface area contributed by atoms with Crippen molar-refractivity contribution in [3.8, 4) is 0 Å². The van der Waals surface area contributed by atoms with Crippen LogP contribution < -0.4 is 0 Å². The van der Waals surface area contributed by atoms with E-state index in [0.29, 0.717) is 0 Å². The largest absolute Gasteiger partial charge is 0.692 e. The fraction of sp³-hybridized carbons (Fsp3) is 0.750. The summed E-state index contributed by atoms with van der Waals surface area (Å²) in [7, 11) is -2.87. The Balaban J connectivity index is 0. The van der Waals surface area contributed by atoms with Crippen LogP contribution in [0.3, 0.4) is 0 Å². The minimum Gasteiger partial charge on any atom is -0.481 e. The Morgan fingerprint density at radius 3 is 1.06 bits per heavy atom. The molecule has 0 atom stereocenters. The Labute approximate surface area is 93.7 Å². The van der Waals surface area contributed by atoms with Crippen molar-refractivity contribution < 1.29 is 34.2 Å². The van der Waals surface area contributed by atoms with Gasteiger partial charge in [0.15, 0.2) is 0 Å². The Hall–Kier alpha value is -1.04. The summed E-state index contributed by atoms with van der Waals surface area (Å²) < 4.78 is 8.70. The van der Waals surface area contributed by atoms with Gasteiger partial charge >= 0.3 is 20.2 Å². The predicted molar refractivity (Wildman–Crippen MR) is 54.9 cm³/mol. The molecule has 0 rings (SSSR count). The van der Waals surface area contributed by atoms with E-state index in [2.05, 4.69) is 0 Å². The van der Waals surface area contributed by atoms with E-state index in [-0.39, 0.29) is 0 Å². The van der Waals surface area contributed by atoms with E-state index >= 15 is 0 Å². The van der Waals surface area contributed by atoms with Crippen molar-refractivity contribution in [3.63, 3.8) is 0 Å². The number of carbonyl (C=O) groups is 2. The average molecular weight is 255 g/mol. The lowest BCUT2D eigenvalue weighted by atomic mass is 9.68. The maximum atomic E-state index is 10.7. The molecule has 0 saturated heterocycles. The van der Waals surface area contributed by atoms with E-state index in [0.717, 1.165) is 0 Å². The van der Waals surface area contributed by atoms with Crippen LogP contribution in [0.1, 0.15) is 27.7 Å². The molecule has 0 aliphatic carbocycles. The molecule has 0 amide bonds. The van der Waals surface area contributed by atoms with Gasteiger partial charge in [0.25, 0.3) is 0 Å². The van der Waals surface area contributed by atoms with Crippen LogP contribution in [0.15, 0.2) is 0 Å². The fourth-order valence-electron chi connectivity index (χ4n) is 0.535. The quantitative estimate of drug-likeness (QED) is 0.549. The summed E-state index contributed by atoms with van der Waals surface area (Å²) in [6, 6.07) is 0. The molecule has 0 bridgehead atoms. The minimum absolute atomic E-state index is 1.10. The van der Waals surface area contributed by atoms with E-state index in [4.69, 9.17) is 24.6 Å². The van der Waals surface area contributed by atoms with Crippen molar-refractivity contribution in [1.29, 1.82) is 0 Å². The van der Waals surface area contributed by atoms with Crippen molar-refractivity contribution >= 4 is 20.2 Å². The SMILES string of the molecule is CC(C)(C(=O)O)C(C)(C)C(=O)O.O=[P+](O)O. The molecule has 8 heteroatoms. The summed E-state index contributed by atoms with van der Waals surface area (Å²) in [5, 5.41) is 17.5. The van der Waals surface area contributed by atoms with Gasteiger partial charge in [0.2, 0.25) is 0 Å². The van der Waals surface area contributed by atoms with Crippen LogP contribution >= 0.6 is 8.25 Å². The van der Waals surface area contributed by atoms with Crippen LogP contribution in [0.2, 0.25) is 0 Å². The molecule has 16 heavy (non-hydrogen) atoms. The van der Waals surface area contributed by atoms with E-state index in [1.165, 1.54) is 27.7 Å². The molecular weight excluding hydrogens is 239 g/mol. The average Bonchev–Trinajstić information content (AvgIpc) is 2.01. The Bertz CT molecular complexity index is 267. The van der Waals surface area contributed by atoms with E-state index in [1.54, 1.807) is 0 Å². The Morgan fingerprint density at radius 1 is 0.875 bits per heavy atom. The molecule has 0 radical (unpaired) electrons. The number of carboxylic acid groups (broad SMARTS) is 2. The Morgan fingerprint density at radius 2 is 1.00 bits per heavy atom. The molecule has 0 spiro atoms. The lowest BCUT2D eigenvalue weighted by molar-refractivity contribution is -0.167. The molecule has 0 aromatic rings. The third-order valence-electron chi connectivity index (χ3n) is 2.63. The predicted octanol–water partition coefficient (Wildman–Crippen LogP) is 0.836. The lowest BCUT2D eigenvalue weighted by Gasteiger charge is -2.33. The van der Waals surface area contributed by atoms with Crippen molar-refractivity contribution in [2.75, 3.05) is 0 Å². The van der Waals surface area contributed by atoms with Gasteiger partial charge in [-0.2, -0.15) is 0 Å². The van der Waals surface area contributed by atoms with Gasteiger partial charge in [0, 0.05) is 4.57 Å². The van der Waals surface area contributed by atoms with Gasteiger partial charge < -0.3 is 10.2 Å². The van der Waals surface area contributed by atoms with Crippen LogP contribution in [0.5, 0.6) is 0 Å². The summed E-state index contributed by atoms with van der Waals surface area (Å²) in [5.41, 5.74) is -2.53. The second-order valence-electron chi connectivity index (χ2n) is 4.11. The summed E-state index contributed by atoms with van der Waals surface area (Å²) in [5.74, 6) is -2.20. The second kappa shape index (κ2) is 5.89. The van der Waals surface area contributed by atoms with Crippen molar-refractivity contribution in [2.24, 2.45) is 10.8 Å². The van der Waals surface area contributed by atoms with Gasteiger partial charge in [-0.25, -0.2) is 0 Å². The second-order valence-corrected chi connectivity index (χ2v) is 4.62. The number of aliphatic carboxylic acids is 2. The molecule has 0 saturated carbocycles. The van der Waals surface area contributed by atoms with Crippen LogP contribution in [-0.4, -0.2) is 31.9 Å². The highest BCUT2D eigenvalue weighted by Crippen LogP contribution is 2.38. The molecule has 94 valence electrons. The summed E-state index contributed by atoms with van der Waals surface area (Å²) >= 11 is 0. The molecule has 0 fully saturated rings. The molecule has 7 nitrogen and oxygen atoms in total. The first kappa shape index (κ1) is 17.4. The Kier molecular flexibility index (Phi) is 6.38. The first-order valence-electron chi connectivity index (χ1n) is 4.19. The van der Waals surface area contributed by atoms with Crippen molar-refractivity contribution in [2.45, 2.75) is 27.7 Å². The van der Waals surface area contributed by atoms with Gasteiger partial charge in [0.1, 0.15) is 0 Å². The maximum absolute atomic E-state index is 10.7. The van der Waals surface area contributed by atoms with Crippen LogP contribution in [0.25, 0.3) is 0 Å². The molecule has 0 aliphatic rings. The number of hydrogen-bond acceptors (Lipinski definition) is 3. The topological polar surface area (TPSA) is 132 Å². The standard InChI is InChI=1S/C8H14O4.HO3P/c1-7(2,5(9)10)8(3,4)6(11)12;1-4(2)3/h1-4H3,(H,9,10)(H,11,12);(H-,1,2,3)/p+1. The highest BCUT2D eigenvalue weighted by atomic mass is 31.1. The number of carboxylic acids is 2. The van der Waals surface area contributed by atoms with E-state index in [1.807, 2.05) is 0 Å². The summed E-state index contributed by atoms with van der Waals surface area (Å²) in [4.78, 5) is 35.7. The third-order valence-corrected chi connectivity index (χ3v) is 2.63. The highest BCUT2D eigenvalue weighted by molar-refractivity contribution is 7.30. The zero-order valence-electron chi connectivity index (χ0n) is 9.46. The van der Waals surface area contributed by atoms with E-state index in [9.17, 15) is 9.59 Å². The molecule has 0 unspecified atom stereocenters. The van der Waals surface area contributed by atoms with Gasteiger partial charge in [-0.3, -0.25) is 9.59 Å². The minimum atomic E-state index is -2.87. The third kappa shape index (κ3) is 4.65. The van der Waals surface area contributed by atoms with Gasteiger partial charge in [-0.1, -0.05) is 0 Å².